The number of para-hydroxylation sites is 1. The Hall–Kier alpha value is -3.30. The summed E-state index contributed by atoms with van der Waals surface area (Å²) in [7, 11) is -4.47. The van der Waals surface area contributed by atoms with Gasteiger partial charge in [0.2, 0.25) is 0 Å². The number of fused-ring (bicyclic) bond motifs is 2. The van der Waals surface area contributed by atoms with Gasteiger partial charge in [0.15, 0.2) is 11.2 Å². The van der Waals surface area contributed by atoms with Gasteiger partial charge >= 0.3 is 0 Å². The maximum Gasteiger partial charge on any atom is 0.273 e. The van der Waals surface area contributed by atoms with Crippen LogP contribution in [0, 0.1) is 6.92 Å². The van der Waals surface area contributed by atoms with Crippen LogP contribution in [0.15, 0.2) is 57.0 Å². The van der Waals surface area contributed by atoms with Crippen LogP contribution in [0.25, 0.3) is 11.0 Å². The number of nitrogens with one attached hydrogen (secondary N) is 1. The number of rotatable bonds is 4. The zero-order valence-electron chi connectivity index (χ0n) is 18.0. The molecule has 0 aliphatic carbocycles. The molecule has 2 atom stereocenters. The molecule has 0 bridgehead atoms. The fourth-order valence-corrected chi connectivity index (χ4v) is 4.79. The maximum atomic E-state index is 12.8. The molecule has 8 nitrogen and oxygen atoms in total. The normalized spacial score (nSPS) is 17.1. The van der Waals surface area contributed by atoms with Gasteiger partial charge in [-0.25, -0.2) is 0 Å². The number of hydrogen-bond donors (Lipinski definition) is 2. The summed E-state index contributed by atoms with van der Waals surface area (Å²) in [6, 6.07) is 8.15. The van der Waals surface area contributed by atoms with Gasteiger partial charge in [-0.15, -0.1) is 0 Å². The Bertz CT molecular complexity index is 1470. The molecule has 0 saturated carbocycles. The van der Waals surface area contributed by atoms with E-state index in [-0.39, 0.29) is 16.9 Å². The molecule has 2 unspecified atom stereocenters. The summed E-state index contributed by atoms with van der Waals surface area (Å²) in [6.07, 6.45) is 1.44. The van der Waals surface area contributed by atoms with Crippen LogP contribution in [0.1, 0.15) is 54.5 Å². The summed E-state index contributed by atoms with van der Waals surface area (Å²) in [5.74, 6) is -0.579. The van der Waals surface area contributed by atoms with Crippen molar-refractivity contribution < 1.29 is 22.2 Å². The molecule has 4 rings (SSSR count). The highest BCUT2D eigenvalue weighted by atomic mass is 32.2. The van der Waals surface area contributed by atoms with E-state index in [1.807, 2.05) is 0 Å². The van der Waals surface area contributed by atoms with E-state index < -0.39 is 21.3 Å². The number of benzene rings is 1. The maximum absolute atomic E-state index is 12.8. The van der Waals surface area contributed by atoms with Crippen molar-refractivity contribution in [3.8, 4) is 0 Å². The summed E-state index contributed by atoms with van der Waals surface area (Å²) < 4.78 is 39.7. The molecule has 1 aromatic carbocycles. The van der Waals surface area contributed by atoms with Gasteiger partial charge in [0.05, 0.1) is 11.1 Å². The second kappa shape index (κ2) is 7.68. The number of allylic oxidation sites excluding steroid dienone is 2. The third-order valence-electron chi connectivity index (χ3n) is 5.75. The highest BCUT2D eigenvalue weighted by molar-refractivity contribution is 7.86. The average Bonchev–Trinajstić information content (AvgIpc) is 2.70. The zero-order valence-corrected chi connectivity index (χ0v) is 18.8. The molecule has 1 aliphatic heterocycles. The fourth-order valence-electron chi connectivity index (χ4n) is 4.32. The molecule has 3 aromatic rings. The Balaban J connectivity index is 2.14. The van der Waals surface area contributed by atoms with E-state index in [9.17, 15) is 22.6 Å². The summed E-state index contributed by atoms with van der Waals surface area (Å²) in [4.78, 5) is 29.6. The van der Waals surface area contributed by atoms with E-state index in [0.717, 1.165) is 0 Å². The third kappa shape index (κ3) is 3.53. The Labute approximate surface area is 184 Å². The van der Waals surface area contributed by atoms with Crippen molar-refractivity contribution in [1.29, 1.82) is 0 Å². The van der Waals surface area contributed by atoms with Crippen molar-refractivity contribution in [3.05, 3.63) is 80.6 Å². The quantitative estimate of drug-likeness (QED) is 0.569. The first-order chi connectivity index (χ1) is 15.0. The van der Waals surface area contributed by atoms with Gasteiger partial charge in [0, 0.05) is 46.3 Å². The number of pyridine rings is 1. The monoisotopic (exact) mass is 454 g/mol. The predicted octanol–water partition coefficient (Wildman–Crippen LogP) is 3.87. The van der Waals surface area contributed by atoms with Gasteiger partial charge in [0.25, 0.3) is 10.1 Å². The molecular weight excluding hydrogens is 432 g/mol. The van der Waals surface area contributed by atoms with Crippen LogP contribution >= 0.6 is 0 Å². The Kier molecular flexibility index (Phi) is 5.26. The smallest absolute Gasteiger partial charge is 0.273 e. The van der Waals surface area contributed by atoms with E-state index in [0.29, 0.717) is 44.8 Å². The second-order valence-electron chi connectivity index (χ2n) is 7.91. The van der Waals surface area contributed by atoms with Crippen molar-refractivity contribution in [2.24, 2.45) is 0 Å². The third-order valence-corrected chi connectivity index (χ3v) is 6.87. The summed E-state index contributed by atoms with van der Waals surface area (Å²) in [5, 5.41) is 2.17. The lowest BCUT2D eigenvalue weighted by Gasteiger charge is -2.32. The average molecular weight is 455 g/mol. The van der Waals surface area contributed by atoms with Crippen LogP contribution in [0.3, 0.4) is 0 Å². The molecule has 32 heavy (non-hydrogen) atoms. The van der Waals surface area contributed by atoms with Crippen LogP contribution in [0.4, 0.5) is 5.69 Å². The minimum atomic E-state index is -4.47. The van der Waals surface area contributed by atoms with Crippen LogP contribution in [0.2, 0.25) is 0 Å². The topological polar surface area (TPSA) is 127 Å². The molecule has 166 valence electrons. The molecule has 0 saturated heterocycles. The summed E-state index contributed by atoms with van der Waals surface area (Å²) >= 11 is 0. The minimum absolute atomic E-state index is 0.112. The van der Waals surface area contributed by atoms with Gasteiger partial charge in [-0.1, -0.05) is 12.1 Å². The van der Waals surface area contributed by atoms with Gasteiger partial charge in [-0.2, -0.15) is 8.42 Å². The highest BCUT2D eigenvalue weighted by Crippen LogP contribution is 2.46. The Morgan fingerprint density at radius 1 is 1.25 bits per heavy atom. The number of carbonyl (C=O) groups is 1. The lowest BCUT2D eigenvalue weighted by molar-refractivity contribution is -0.113. The first-order valence-corrected chi connectivity index (χ1v) is 11.5. The predicted molar refractivity (Wildman–Crippen MR) is 120 cm³/mol. The van der Waals surface area contributed by atoms with Crippen molar-refractivity contribution in [2.75, 3.05) is 5.32 Å². The van der Waals surface area contributed by atoms with Gasteiger partial charge in [0.1, 0.15) is 16.6 Å². The van der Waals surface area contributed by atoms with Gasteiger partial charge in [-0.3, -0.25) is 19.1 Å². The van der Waals surface area contributed by atoms with Crippen LogP contribution < -0.4 is 10.7 Å². The first kappa shape index (κ1) is 21.9. The lowest BCUT2D eigenvalue weighted by Crippen LogP contribution is -2.25. The minimum Gasteiger partial charge on any atom is -0.461 e. The van der Waals surface area contributed by atoms with Crippen molar-refractivity contribution in [1.82, 2.24) is 4.98 Å². The molecule has 9 heteroatoms. The van der Waals surface area contributed by atoms with E-state index in [1.165, 1.54) is 26.1 Å². The number of Topliss-reactive ketones (excluding diaryl/α,β-unsaturated/α-hetero) is 1. The van der Waals surface area contributed by atoms with Crippen molar-refractivity contribution >= 4 is 32.6 Å². The fraction of sp³-hybridized carbons (Fsp3) is 0.261. The summed E-state index contributed by atoms with van der Waals surface area (Å²) in [6.45, 7) is 6.17. The molecule has 0 fully saturated rings. The van der Waals surface area contributed by atoms with Crippen LogP contribution in [-0.2, 0) is 14.9 Å². The molecule has 0 spiro atoms. The SMILES string of the molecule is CC(=O)C1=C(C)Nc2ccnc(C(C)S(=O)(=O)O)c2C1c1cccc2c(=O)cc(C)oc12. The number of aromatic nitrogens is 1. The van der Waals surface area contributed by atoms with Gasteiger partial charge < -0.3 is 9.73 Å². The highest BCUT2D eigenvalue weighted by Gasteiger charge is 2.37. The van der Waals surface area contributed by atoms with E-state index in [4.69, 9.17) is 4.42 Å². The molecule has 2 aromatic heterocycles. The zero-order chi connectivity index (χ0) is 23.4. The number of hydrogen-bond acceptors (Lipinski definition) is 7. The first-order valence-electron chi connectivity index (χ1n) is 9.98. The molecule has 2 N–H and O–H groups in total. The number of ketones is 1. The van der Waals surface area contributed by atoms with Crippen LogP contribution in [-0.4, -0.2) is 23.7 Å². The largest absolute Gasteiger partial charge is 0.461 e. The molecule has 1 aliphatic rings. The van der Waals surface area contributed by atoms with Crippen molar-refractivity contribution in [2.45, 2.75) is 38.9 Å². The lowest BCUT2D eigenvalue weighted by atomic mass is 9.77. The Morgan fingerprint density at radius 2 is 1.97 bits per heavy atom. The second-order valence-corrected chi connectivity index (χ2v) is 9.65. The Morgan fingerprint density at radius 3 is 2.62 bits per heavy atom. The number of nitrogens with zero attached hydrogens (tertiary/aromatic N) is 1. The standard InChI is InChI=1S/C23H22N2O6S/c1-11-10-18(27)15-6-5-7-16(23(15)31-11)20-19(13(3)26)12(2)25-17-8-9-24-22(21(17)20)14(4)32(28,29)30/h5-10,14,20,25H,1-4H3,(H,28,29,30). The number of carbonyl (C=O) groups excluding carboxylic acids is 1. The number of anilines is 1. The van der Waals surface area contributed by atoms with Gasteiger partial charge in [-0.05, 0) is 39.8 Å². The number of aryl methyl sites for hydroxylation is 1. The van der Waals surface area contributed by atoms with E-state index in [1.54, 1.807) is 38.1 Å². The van der Waals surface area contributed by atoms with E-state index in [2.05, 4.69) is 10.3 Å². The molecule has 0 amide bonds. The van der Waals surface area contributed by atoms with Crippen LogP contribution in [0.5, 0.6) is 0 Å². The van der Waals surface area contributed by atoms with E-state index >= 15 is 0 Å². The van der Waals surface area contributed by atoms with Crippen molar-refractivity contribution in [3.63, 3.8) is 0 Å². The molecule has 3 heterocycles. The molecule has 0 radical (unpaired) electrons. The molecular formula is C23H22N2O6S. The summed E-state index contributed by atoms with van der Waals surface area (Å²) in [5.41, 5.74) is 2.73.